The first-order chi connectivity index (χ1) is 18.1. The molecule has 0 spiro atoms. The average molecular weight is 560 g/mol. The number of nitrogens with zero attached hydrogens (tertiary/aromatic N) is 4. The van der Waals surface area contributed by atoms with E-state index in [1.807, 2.05) is 35.5 Å². The van der Waals surface area contributed by atoms with Crippen LogP contribution in [-0.4, -0.2) is 60.8 Å². The molecule has 38 heavy (non-hydrogen) atoms. The van der Waals surface area contributed by atoms with Crippen LogP contribution >= 0.6 is 23.1 Å². The van der Waals surface area contributed by atoms with Crippen LogP contribution in [0.4, 0.5) is 5.69 Å². The molecule has 1 amide bonds. The van der Waals surface area contributed by atoms with Gasteiger partial charge in [-0.05, 0) is 24.6 Å². The monoisotopic (exact) mass is 559 g/mol. The Labute approximate surface area is 226 Å². The minimum atomic E-state index is -0.859. The van der Waals surface area contributed by atoms with Gasteiger partial charge in [-0.2, -0.15) is 4.40 Å². The fraction of sp³-hybridized carbons (Fsp3) is 0.400. The number of benzene rings is 1. The van der Waals surface area contributed by atoms with Gasteiger partial charge in [-0.25, -0.2) is 9.36 Å². The summed E-state index contributed by atoms with van der Waals surface area (Å²) in [6.07, 6.45) is 2.98. The lowest BCUT2D eigenvalue weighted by Crippen LogP contribution is -2.63. The fourth-order valence-electron chi connectivity index (χ4n) is 5.24. The standard InChI is InChI=1S/C25H27N4O7S2/c1-13-18(17-10-27-12-26(3)23(24(27)38-17)37-9-8-30)21(28-20(13)19(14(2)31)22(28)32)25(33)36-11-15-4-6-16(7-5-15)29(34)35/h4-7,10,12-14,19-20,30-31H,8-9,11H2,1-3H3/q+1/t13-,14+,19+,20+/m0/s1. The highest BCUT2D eigenvalue weighted by atomic mass is 32.2. The second-order valence-corrected chi connectivity index (χ2v) is 11.5. The Hall–Kier alpha value is -3.26. The highest BCUT2D eigenvalue weighted by Crippen LogP contribution is 2.52. The first kappa shape index (κ1) is 26.4. The number of esters is 1. The SMILES string of the molecule is C[C@@H](O)[C@H]1C(=O)N2C(C(=O)OCc3ccc([N+](=O)[O-])cc3)=C(c3cn4c[n+](C)c(SCCO)c4s3)[C@H](C)[C@H]12. The van der Waals surface area contributed by atoms with E-state index in [1.165, 1.54) is 52.3 Å². The maximum absolute atomic E-state index is 13.5. The Bertz CT molecular complexity index is 1460. The number of carbonyl (C=O) groups excluding carboxylic acids is 2. The Morgan fingerprint density at radius 1 is 1.34 bits per heavy atom. The summed E-state index contributed by atoms with van der Waals surface area (Å²) in [6, 6.07) is 5.36. The molecule has 4 heterocycles. The third-order valence-corrected chi connectivity index (χ3v) is 9.39. The lowest BCUT2D eigenvalue weighted by molar-refractivity contribution is -0.705. The van der Waals surface area contributed by atoms with Crippen LogP contribution in [0.1, 0.15) is 24.3 Å². The molecule has 4 atom stereocenters. The molecule has 200 valence electrons. The number of carbonyl (C=O) groups is 2. The van der Waals surface area contributed by atoms with E-state index in [2.05, 4.69) is 0 Å². The molecule has 2 N–H and O–H groups in total. The molecular weight excluding hydrogens is 532 g/mol. The fourth-order valence-corrected chi connectivity index (χ4v) is 7.51. The first-order valence-corrected chi connectivity index (χ1v) is 13.8. The van der Waals surface area contributed by atoms with Crippen LogP contribution in [0.5, 0.6) is 0 Å². The zero-order valence-corrected chi connectivity index (χ0v) is 22.6. The van der Waals surface area contributed by atoms with Crippen molar-refractivity contribution in [3.8, 4) is 0 Å². The maximum Gasteiger partial charge on any atom is 0.355 e. The predicted octanol–water partition coefficient (Wildman–Crippen LogP) is 2.13. The van der Waals surface area contributed by atoms with Gasteiger partial charge in [0.05, 0.1) is 41.5 Å². The first-order valence-electron chi connectivity index (χ1n) is 12.0. The van der Waals surface area contributed by atoms with Gasteiger partial charge in [0.1, 0.15) is 18.5 Å². The smallest absolute Gasteiger partial charge is 0.355 e. The number of imidazole rings is 1. The van der Waals surface area contributed by atoms with Crippen molar-refractivity contribution in [2.45, 2.75) is 37.6 Å². The van der Waals surface area contributed by atoms with Crippen molar-refractivity contribution in [3.05, 3.63) is 63.0 Å². The summed E-state index contributed by atoms with van der Waals surface area (Å²) in [7, 11) is 1.93. The van der Waals surface area contributed by atoms with Gasteiger partial charge in [0, 0.05) is 29.4 Å². The van der Waals surface area contributed by atoms with E-state index in [0.717, 1.165) is 14.7 Å². The molecule has 5 rings (SSSR count). The van der Waals surface area contributed by atoms with Gasteiger partial charge in [-0.15, -0.1) is 0 Å². The van der Waals surface area contributed by atoms with Crippen molar-refractivity contribution in [1.82, 2.24) is 9.30 Å². The van der Waals surface area contributed by atoms with Gasteiger partial charge >= 0.3 is 5.97 Å². The number of nitro groups is 1. The molecule has 3 aromatic rings. The molecule has 1 saturated heterocycles. The number of non-ortho nitro benzene ring substituents is 1. The highest BCUT2D eigenvalue weighted by molar-refractivity contribution is 7.99. The molecular formula is C25H27N4O7S2+. The summed E-state index contributed by atoms with van der Waals surface area (Å²) >= 11 is 3.02. The van der Waals surface area contributed by atoms with Crippen LogP contribution in [0.25, 0.3) is 10.4 Å². The molecule has 2 aromatic heterocycles. The number of thiazole rings is 1. The van der Waals surface area contributed by atoms with Crippen LogP contribution in [0.3, 0.4) is 0 Å². The van der Waals surface area contributed by atoms with Crippen molar-refractivity contribution < 1.29 is 34.0 Å². The molecule has 2 aliphatic rings. The lowest BCUT2D eigenvalue weighted by atomic mass is 9.77. The third kappa shape index (κ3) is 4.28. The number of hydrogen-bond donors (Lipinski definition) is 2. The number of β-lactam (4-membered cyclic amide) rings is 1. The summed E-state index contributed by atoms with van der Waals surface area (Å²) in [5.41, 5.74) is 1.38. The number of amides is 1. The van der Waals surface area contributed by atoms with Crippen molar-refractivity contribution >= 4 is 51.1 Å². The van der Waals surface area contributed by atoms with E-state index in [1.54, 1.807) is 6.92 Å². The maximum atomic E-state index is 13.5. The minimum absolute atomic E-state index is 0.0483. The van der Waals surface area contributed by atoms with Crippen molar-refractivity contribution in [1.29, 1.82) is 0 Å². The molecule has 0 bridgehead atoms. The largest absolute Gasteiger partial charge is 0.456 e. The molecule has 11 nitrogen and oxygen atoms in total. The molecule has 0 saturated carbocycles. The highest BCUT2D eigenvalue weighted by Gasteiger charge is 2.60. The Morgan fingerprint density at radius 3 is 2.68 bits per heavy atom. The second kappa shape index (κ2) is 10.1. The van der Waals surface area contributed by atoms with Gasteiger partial charge in [0.25, 0.3) is 5.69 Å². The number of hydrogen-bond acceptors (Lipinski definition) is 9. The van der Waals surface area contributed by atoms with Crippen molar-refractivity contribution in [3.63, 3.8) is 0 Å². The molecule has 2 aliphatic heterocycles. The van der Waals surface area contributed by atoms with Crippen LogP contribution in [0, 0.1) is 22.0 Å². The molecule has 1 aromatic carbocycles. The van der Waals surface area contributed by atoms with E-state index >= 15 is 0 Å². The van der Waals surface area contributed by atoms with Gasteiger partial charge in [0.2, 0.25) is 22.1 Å². The van der Waals surface area contributed by atoms with Gasteiger partial charge in [-0.3, -0.25) is 14.9 Å². The summed E-state index contributed by atoms with van der Waals surface area (Å²) < 4.78 is 9.53. The number of aryl methyl sites for hydroxylation is 1. The summed E-state index contributed by atoms with van der Waals surface area (Å²) in [4.78, 5) is 40.2. The van der Waals surface area contributed by atoms with E-state index in [4.69, 9.17) is 4.74 Å². The van der Waals surface area contributed by atoms with Crippen LogP contribution in [-0.2, 0) is 28.0 Å². The molecule has 0 unspecified atom stereocenters. The van der Waals surface area contributed by atoms with Crippen LogP contribution in [0.2, 0.25) is 0 Å². The van der Waals surface area contributed by atoms with Gasteiger partial charge in [0.15, 0.2) is 0 Å². The number of fused-ring (bicyclic) bond motifs is 2. The van der Waals surface area contributed by atoms with E-state index in [0.29, 0.717) is 16.9 Å². The van der Waals surface area contributed by atoms with Gasteiger partial charge in [-0.1, -0.05) is 30.0 Å². The van der Waals surface area contributed by atoms with E-state index in [9.17, 15) is 29.9 Å². The van der Waals surface area contributed by atoms with Crippen LogP contribution in [0.15, 0.2) is 47.5 Å². The number of ether oxygens (including phenoxy) is 1. The molecule has 1 fully saturated rings. The minimum Gasteiger partial charge on any atom is -0.456 e. The zero-order chi connectivity index (χ0) is 27.3. The summed E-state index contributed by atoms with van der Waals surface area (Å²) in [6.45, 7) is 3.46. The summed E-state index contributed by atoms with van der Waals surface area (Å²) in [5, 5.41) is 31.5. The normalized spacial score (nSPS) is 21.6. The molecule has 13 heteroatoms. The van der Waals surface area contributed by atoms with Crippen molar-refractivity contribution in [2.24, 2.45) is 18.9 Å². The third-order valence-electron chi connectivity index (χ3n) is 6.98. The van der Waals surface area contributed by atoms with Gasteiger partial charge < -0.3 is 19.8 Å². The average Bonchev–Trinajstić information content (AvgIpc) is 3.48. The second-order valence-electron chi connectivity index (χ2n) is 9.43. The Balaban J connectivity index is 1.50. The van der Waals surface area contributed by atoms with Crippen molar-refractivity contribution in [2.75, 3.05) is 12.4 Å². The number of aromatic nitrogens is 2. The molecule has 0 aliphatic carbocycles. The lowest BCUT2D eigenvalue weighted by Gasteiger charge is -2.46. The number of thioether (sulfide) groups is 1. The number of rotatable bonds is 9. The Morgan fingerprint density at radius 2 is 2.05 bits per heavy atom. The zero-order valence-electron chi connectivity index (χ0n) is 20.9. The number of nitro benzene ring substituents is 1. The topological polar surface area (TPSA) is 138 Å². The van der Waals surface area contributed by atoms with Crippen LogP contribution < -0.4 is 4.57 Å². The Kier molecular flexibility index (Phi) is 7.03. The predicted molar refractivity (Wildman–Crippen MR) is 139 cm³/mol. The number of aliphatic hydroxyl groups excluding tert-OH is 2. The van der Waals surface area contributed by atoms with E-state index in [-0.39, 0.29) is 42.5 Å². The summed E-state index contributed by atoms with van der Waals surface area (Å²) in [5.74, 6) is -1.27. The quantitative estimate of drug-likeness (QED) is 0.102. The van der Waals surface area contributed by atoms with E-state index < -0.39 is 22.9 Å². The number of aliphatic hydroxyl groups is 2. The molecule has 0 radical (unpaired) electrons.